The van der Waals surface area contributed by atoms with E-state index in [2.05, 4.69) is 0 Å². The number of ether oxygens (including phenoxy) is 1. The van der Waals surface area contributed by atoms with Crippen LogP contribution < -0.4 is 4.74 Å². The van der Waals surface area contributed by atoms with Crippen LogP contribution in [0, 0.1) is 0 Å². The van der Waals surface area contributed by atoms with Crippen molar-refractivity contribution < 1.29 is 19.1 Å². The van der Waals surface area contributed by atoms with E-state index in [9.17, 15) is 14.4 Å². The van der Waals surface area contributed by atoms with Gasteiger partial charge in [0.1, 0.15) is 5.75 Å². The summed E-state index contributed by atoms with van der Waals surface area (Å²) in [5.41, 5.74) is 0.423. The first-order chi connectivity index (χ1) is 8.13. The zero-order valence-corrected chi connectivity index (χ0v) is 9.62. The number of carbonyl (C=O) groups is 3. The molecule has 1 aromatic carbocycles. The van der Waals surface area contributed by atoms with E-state index in [-0.39, 0.29) is 5.78 Å². The van der Waals surface area contributed by atoms with Crippen molar-refractivity contribution in [1.29, 1.82) is 0 Å². The van der Waals surface area contributed by atoms with Crippen molar-refractivity contribution in [3.63, 3.8) is 0 Å². The standard InChI is InChI=1S/C12H13NO4/c1-9(13(7-14)8-15)12(16)10-3-5-11(17-2)6-4-10/h3-9H,1-2H3. The van der Waals surface area contributed by atoms with E-state index in [0.717, 1.165) is 4.90 Å². The first kappa shape index (κ1) is 12.9. The summed E-state index contributed by atoms with van der Waals surface area (Å²) in [6, 6.07) is 5.66. The van der Waals surface area contributed by atoms with Crippen molar-refractivity contribution in [3.05, 3.63) is 29.8 Å². The van der Waals surface area contributed by atoms with Crippen LogP contribution in [0.2, 0.25) is 0 Å². The number of ketones is 1. The second-order valence-corrected chi connectivity index (χ2v) is 3.43. The van der Waals surface area contributed by atoms with E-state index in [0.29, 0.717) is 24.1 Å². The summed E-state index contributed by atoms with van der Waals surface area (Å²) in [5, 5.41) is 0. The Bertz CT molecular complexity index is 405. The molecule has 0 aliphatic rings. The number of hydrogen-bond donors (Lipinski definition) is 0. The van der Waals surface area contributed by atoms with Gasteiger partial charge in [-0.3, -0.25) is 19.3 Å². The Morgan fingerprint density at radius 1 is 1.24 bits per heavy atom. The summed E-state index contributed by atoms with van der Waals surface area (Å²) in [5.74, 6) is 0.337. The van der Waals surface area contributed by atoms with E-state index in [1.54, 1.807) is 24.3 Å². The average Bonchev–Trinajstić information content (AvgIpc) is 2.39. The zero-order valence-electron chi connectivity index (χ0n) is 9.62. The van der Waals surface area contributed by atoms with E-state index < -0.39 is 6.04 Å². The van der Waals surface area contributed by atoms with Crippen molar-refractivity contribution in [2.24, 2.45) is 0 Å². The van der Waals surface area contributed by atoms with E-state index in [1.807, 2.05) is 0 Å². The molecule has 2 amide bonds. The van der Waals surface area contributed by atoms with E-state index in [4.69, 9.17) is 4.74 Å². The molecule has 0 N–H and O–H groups in total. The highest BCUT2D eigenvalue weighted by Crippen LogP contribution is 2.13. The van der Waals surface area contributed by atoms with Crippen LogP contribution in [0.15, 0.2) is 24.3 Å². The van der Waals surface area contributed by atoms with Gasteiger partial charge in [-0.15, -0.1) is 0 Å². The van der Waals surface area contributed by atoms with Gasteiger partial charge in [0.2, 0.25) is 12.8 Å². The molecule has 90 valence electrons. The highest BCUT2D eigenvalue weighted by molar-refractivity contribution is 6.02. The molecule has 5 heteroatoms. The predicted octanol–water partition coefficient (Wildman–Crippen LogP) is 0.881. The number of benzene rings is 1. The molecule has 0 aliphatic heterocycles. The van der Waals surface area contributed by atoms with Crippen LogP contribution in [0.5, 0.6) is 5.75 Å². The number of imide groups is 1. The van der Waals surface area contributed by atoms with Gasteiger partial charge in [-0.2, -0.15) is 0 Å². The molecular formula is C12H13NO4. The Balaban J connectivity index is 2.87. The molecule has 0 bridgehead atoms. The lowest BCUT2D eigenvalue weighted by atomic mass is 10.0. The maximum absolute atomic E-state index is 11.9. The number of Topliss-reactive ketones (excluding diaryl/α,β-unsaturated/α-hetero) is 1. The van der Waals surface area contributed by atoms with Crippen LogP contribution in [0.1, 0.15) is 17.3 Å². The number of hydrogen-bond acceptors (Lipinski definition) is 4. The van der Waals surface area contributed by atoms with Gasteiger partial charge in [0.05, 0.1) is 13.2 Å². The van der Waals surface area contributed by atoms with Crippen LogP contribution in [0.3, 0.4) is 0 Å². The second-order valence-electron chi connectivity index (χ2n) is 3.43. The van der Waals surface area contributed by atoms with Gasteiger partial charge in [-0.1, -0.05) is 0 Å². The second kappa shape index (κ2) is 5.79. The molecule has 0 radical (unpaired) electrons. The first-order valence-corrected chi connectivity index (χ1v) is 5.00. The number of amides is 2. The molecule has 0 saturated heterocycles. The normalized spacial score (nSPS) is 11.4. The fourth-order valence-corrected chi connectivity index (χ4v) is 1.34. The van der Waals surface area contributed by atoms with Crippen LogP contribution in [-0.4, -0.2) is 36.7 Å². The van der Waals surface area contributed by atoms with Crippen LogP contribution in [0.4, 0.5) is 0 Å². The van der Waals surface area contributed by atoms with Gasteiger partial charge in [0.25, 0.3) is 0 Å². The summed E-state index contributed by atoms with van der Waals surface area (Å²) in [4.78, 5) is 33.8. The van der Waals surface area contributed by atoms with Crippen molar-refractivity contribution >= 4 is 18.6 Å². The van der Waals surface area contributed by atoms with Gasteiger partial charge < -0.3 is 4.74 Å². The SMILES string of the molecule is COc1ccc(C(=O)C(C)N(C=O)C=O)cc1. The van der Waals surface area contributed by atoms with E-state index in [1.165, 1.54) is 14.0 Å². The molecule has 0 aromatic heterocycles. The largest absolute Gasteiger partial charge is 0.497 e. The zero-order chi connectivity index (χ0) is 12.8. The smallest absolute Gasteiger partial charge is 0.216 e. The summed E-state index contributed by atoms with van der Waals surface area (Å²) in [6.45, 7) is 1.50. The van der Waals surface area contributed by atoms with Gasteiger partial charge in [0, 0.05) is 5.56 Å². The molecule has 1 atom stereocenters. The Morgan fingerprint density at radius 2 is 1.76 bits per heavy atom. The maximum atomic E-state index is 11.9. The van der Waals surface area contributed by atoms with E-state index >= 15 is 0 Å². The first-order valence-electron chi connectivity index (χ1n) is 5.00. The number of rotatable bonds is 6. The highest BCUT2D eigenvalue weighted by atomic mass is 16.5. The maximum Gasteiger partial charge on any atom is 0.216 e. The molecule has 0 spiro atoms. The number of methoxy groups -OCH3 is 1. The summed E-state index contributed by atoms with van der Waals surface area (Å²) in [7, 11) is 1.53. The molecule has 5 nitrogen and oxygen atoms in total. The summed E-state index contributed by atoms with van der Waals surface area (Å²) in [6.07, 6.45) is 0.665. The monoisotopic (exact) mass is 235 g/mol. The van der Waals surface area contributed by atoms with Crippen LogP contribution in [0.25, 0.3) is 0 Å². The van der Waals surface area contributed by atoms with Gasteiger partial charge in [0.15, 0.2) is 5.78 Å². The quantitative estimate of drug-likeness (QED) is 0.542. The Hall–Kier alpha value is -2.17. The third-order valence-corrected chi connectivity index (χ3v) is 2.44. The molecule has 0 saturated carbocycles. The fraction of sp³-hybridized carbons (Fsp3) is 0.250. The van der Waals surface area contributed by atoms with Crippen molar-refractivity contribution in [3.8, 4) is 5.75 Å². The minimum atomic E-state index is -0.807. The average molecular weight is 235 g/mol. The van der Waals surface area contributed by atoms with Crippen LogP contribution in [-0.2, 0) is 9.59 Å². The molecule has 17 heavy (non-hydrogen) atoms. The van der Waals surface area contributed by atoms with Gasteiger partial charge >= 0.3 is 0 Å². The molecule has 0 fully saturated rings. The highest BCUT2D eigenvalue weighted by Gasteiger charge is 2.20. The Kier molecular flexibility index (Phi) is 4.39. The van der Waals surface area contributed by atoms with Crippen molar-refractivity contribution in [2.45, 2.75) is 13.0 Å². The number of nitrogens with zero attached hydrogens (tertiary/aromatic N) is 1. The lowest BCUT2D eigenvalue weighted by Crippen LogP contribution is -2.37. The van der Waals surface area contributed by atoms with Crippen LogP contribution >= 0.6 is 0 Å². The topological polar surface area (TPSA) is 63.7 Å². The lowest BCUT2D eigenvalue weighted by Gasteiger charge is -2.17. The molecule has 1 unspecified atom stereocenters. The lowest BCUT2D eigenvalue weighted by molar-refractivity contribution is -0.130. The van der Waals surface area contributed by atoms with Gasteiger partial charge in [-0.25, -0.2) is 0 Å². The molecular weight excluding hydrogens is 222 g/mol. The predicted molar refractivity (Wildman–Crippen MR) is 60.8 cm³/mol. The third-order valence-electron chi connectivity index (χ3n) is 2.44. The molecule has 0 heterocycles. The molecule has 0 aliphatic carbocycles. The van der Waals surface area contributed by atoms with Crippen molar-refractivity contribution in [1.82, 2.24) is 4.90 Å². The minimum absolute atomic E-state index is 0.299. The Labute approximate surface area is 99.0 Å². The number of carbonyl (C=O) groups excluding carboxylic acids is 3. The third kappa shape index (κ3) is 2.90. The fourth-order valence-electron chi connectivity index (χ4n) is 1.34. The van der Waals surface area contributed by atoms with Gasteiger partial charge in [-0.05, 0) is 31.2 Å². The summed E-state index contributed by atoms with van der Waals surface area (Å²) < 4.78 is 4.97. The Morgan fingerprint density at radius 3 is 2.18 bits per heavy atom. The summed E-state index contributed by atoms with van der Waals surface area (Å²) >= 11 is 0. The minimum Gasteiger partial charge on any atom is -0.497 e. The molecule has 1 rings (SSSR count). The molecule has 1 aromatic rings. The van der Waals surface area contributed by atoms with Crippen molar-refractivity contribution in [2.75, 3.05) is 7.11 Å².